The molecule has 0 aliphatic rings. The molecule has 0 amide bonds. The number of hydrogen-bond acceptors (Lipinski definition) is 9. The molecule has 0 unspecified atom stereocenters. The second-order valence-corrected chi connectivity index (χ2v) is 11.1. The van der Waals surface area contributed by atoms with E-state index in [0.29, 0.717) is 0 Å². The Morgan fingerprint density at radius 2 is 1.55 bits per heavy atom. The van der Waals surface area contributed by atoms with E-state index in [9.17, 15) is 17.2 Å². The van der Waals surface area contributed by atoms with E-state index in [-0.39, 0.29) is 45.0 Å². The molecule has 0 atom stereocenters. The molecule has 13 heteroatoms. The highest BCUT2D eigenvalue weighted by atomic mass is 32.2. The lowest BCUT2D eigenvalue weighted by Crippen LogP contribution is -2.18. The van der Waals surface area contributed by atoms with Gasteiger partial charge in [0.25, 0.3) is 22.3 Å². The summed E-state index contributed by atoms with van der Waals surface area (Å²) in [5.41, 5.74) is 0.736. The lowest BCUT2D eigenvalue weighted by molar-refractivity contribution is 0.0783. The first-order valence-corrected chi connectivity index (χ1v) is 13.5. The van der Waals surface area contributed by atoms with Gasteiger partial charge in [0.15, 0.2) is 29.7 Å². The van der Waals surface area contributed by atoms with Gasteiger partial charge in [-0.15, -0.1) is 0 Å². The predicted molar refractivity (Wildman–Crippen MR) is 144 cm³/mol. The molecule has 2 aromatic carbocycles. The molecule has 10 nitrogen and oxygen atoms in total. The van der Waals surface area contributed by atoms with Crippen LogP contribution in [0.15, 0.2) is 71.9 Å². The van der Waals surface area contributed by atoms with Gasteiger partial charge < -0.3 is 14.2 Å². The monoisotopic (exact) mass is 571 g/mol. The molecule has 1 N–H and O–H groups in total. The zero-order chi connectivity index (χ0) is 28.9. The quantitative estimate of drug-likeness (QED) is 0.263. The van der Waals surface area contributed by atoms with Crippen molar-refractivity contribution in [3.8, 4) is 34.8 Å². The smallest absolute Gasteiger partial charge is 0.272 e. The molecule has 4 aromatic rings. The summed E-state index contributed by atoms with van der Waals surface area (Å²) in [5, 5.41) is 0. The standard InChI is InChI=1S/C27H27F2N5O5S/c1-27(2,3)17-10-12-18(13-11-17)40(35,36)34-23-22(39-20-9-6-5-8-19(20)37-4)26(38-16-21(28)29)33-25(32-23)24-30-14-7-15-31-24/h5-15,21H,16H2,1-4H3,(H,32,33,34). The number of nitrogens with one attached hydrogen (secondary N) is 1. The number of aromatic nitrogens is 4. The van der Waals surface area contributed by atoms with Crippen molar-refractivity contribution in [3.05, 3.63) is 72.6 Å². The molecule has 0 saturated carbocycles. The highest BCUT2D eigenvalue weighted by Gasteiger charge is 2.27. The summed E-state index contributed by atoms with van der Waals surface area (Å²) in [4.78, 5) is 16.6. The Hall–Kier alpha value is -4.39. The van der Waals surface area contributed by atoms with E-state index < -0.39 is 28.9 Å². The minimum atomic E-state index is -4.25. The fourth-order valence-corrected chi connectivity index (χ4v) is 4.48. The maximum Gasteiger partial charge on any atom is 0.272 e. The maximum atomic E-state index is 13.5. The summed E-state index contributed by atoms with van der Waals surface area (Å²) in [7, 11) is -2.84. The Morgan fingerprint density at radius 1 is 0.900 bits per heavy atom. The molecule has 0 bridgehead atoms. The molecule has 0 fully saturated rings. The first-order valence-electron chi connectivity index (χ1n) is 12.0. The maximum absolute atomic E-state index is 13.5. The minimum absolute atomic E-state index is 0.00298. The van der Waals surface area contributed by atoms with Gasteiger partial charge in [0.2, 0.25) is 11.6 Å². The van der Waals surface area contributed by atoms with Gasteiger partial charge in [0.1, 0.15) is 0 Å². The number of halogens is 2. The van der Waals surface area contributed by atoms with Crippen LogP contribution < -0.4 is 18.9 Å². The fraction of sp³-hybridized carbons (Fsp3) is 0.259. The van der Waals surface area contributed by atoms with E-state index in [1.165, 1.54) is 37.7 Å². The van der Waals surface area contributed by atoms with E-state index in [1.54, 1.807) is 36.4 Å². The van der Waals surface area contributed by atoms with Crippen molar-refractivity contribution >= 4 is 15.8 Å². The number of methoxy groups -OCH3 is 1. The Kier molecular flexibility index (Phi) is 8.43. The third-order valence-electron chi connectivity index (χ3n) is 5.49. The molecular weight excluding hydrogens is 544 g/mol. The summed E-state index contributed by atoms with van der Waals surface area (Å²) in [5.74, 6) is -0.962. The second kappa shape index (κ2) is 11.8. The zero-order valence-electron chi connectivity index (χ0n) is 22.1. The molecular formula is C27H27F2N5O5S. The number of nitrogens with zero attached hydrogens (tertiary/aromatic N) is 4. The minimum Gasteiger partial charge on any atom is -0.493 e. The van der Waals surface area contributed by atoms with Crippen LogP contribution in [0.1, 0.15) is 26.3 Å². The SMILES string of the molecule is COc1ccccc1Oc1c(NS(=O)(=O)c2ccc(C(C)(C)C)cc2)nc(-c2ncccn2)nc1OCC(F)F. The van der Waals surface area contributed by atoms with Crippen LogP contribution in [0.5, 0.6) is 23.1 Å². The average molecular weight is 572 g/mol. The van der Waals surface area contributed by atoms with Crippen LogP contribution in [0.2, 0.25) is 0 Å². The van der Waals surface area contributed by atoms with Crippen molar-refractivity contribution in [2.24, 2.45) is 0 Å². The van der Waals surface area contributed by atoms with E-state index in [1.807, 2.05) is 20.8 Å². The highest BCUT2D eigenvalue weighted by molar-refractivity contribution is 7.92. The van der Waals surface area contributed by atoms with E-state index >= 15 is 0 Å². The van der Waals surface area contributed by atoms with Gasteiger partial charge in [-0.3, -0.25) is 4.72 Å². The summed E-state index contributed by atoms with van der Waals surface area (Å²) in [6.07, 6.45) is -0.0109. The van der Waals surface area contributed by atoms with Crippen molar-refractivity contribution in [1.82, 2.24) is 19.9 Å². The molecule has 40 heavy (non-hydrogen) atoms. The number of anilines is 1. The van der Waals surface area contributed by atoms with Gasteiger partial charge in [0.05, 0.1) is 12.0 Å². The van der Waals surface area contributed by atoms with Crippen molar-refractivity contribution in [2.45, 2.75) is 37.5 Å². The molecule has 4 rings (SSSR count). The molecule has 2 heterocycles. The van der Waals surface area contributed by atoms with Crippen LogP contribution in [0, 0.1) is 0 Å². The zero-order valence-corrected chi connectivity index (χ0v) is 22.9. The van der Waals surface area contributed by atoms with Crippen LogP contribution in [-0.2, 0) is 15.4 Å². The average Bonchev–Trinajstić information content (AvgIpc) is 2.93. The van der Waals surface area contributed by atoms with Gasteiger partial charge in [0, 0.05) is 12.4 Å². The number of hydrogen-bond donors (Lipinski definition) is 1. The molecule has 2 aromatic heterocycles. The summed E-state index contributed by atoms with van der Waals surface area (Å²) in [6.45, 7) is 4.97. The van der Waals surface area contributed by atoms with Crippen LogP contribution in [0.3, 0.4) is 0 Å². The number of rotatable bonds is 10. The van der Waals surface area contributed by atoms with Crippen molar-refractivity contribution < 1.29 is 31.4 Å². The van der Waals surface area contributed by atoms with Gasteiger partial charge in [-0.25, -0.2) is 32.2 Å². The van der Waals surface area contributed by atoms with Crippen LogP contribution in [-0.4, -0.2) is 48.5 Å². The summed E-state index contributed by atoms with van der Waals surface area (Å²) < 4.78 is 72.2. The lowest BCUT2D eigenvalue weighted by atomic mass is 9.87. The van der Waals surface area contributed by atoms with E-state index in [4.69, 9.17) is 14.2 Å². The van der Waals surface area contributed by atoms with E-state index in [2.05, 4.69) is 24.7 Å². The molecule has 210 valence electrons. The van der Waals surface area contributed by atoms with Gasteiger partial charge >= 0.3 is 0 Å². The van der Waals surface area contributed by atoms with Gasteiger partial charge in [-0.05, 0) is 41.3 Å². The lowest BCUT2D eigenvalue weighted by Gasteiger charge is -2.20. The first kappa shape index (κ1) is 28.6. The first-order chi connectivity index (χ1) is 19.0. The molecule has 0 aliphatic heterocycles. The van der Waals surface area contributed by atoms with Crippen LogP contribution >= 0.6 is 0 Å². The number of sulfonamides is 1. The molecule has 0 saturated heterocycles. The molecule has 0 aliphatic carbocycles. The van der Waals surface area contributed by atoms with Crippen LogP contribution in [0.25, 0.3) is 11.6 Å². The second-order valence-electron chi connectivity index (χ2n) is 9.44. The Morgan fingerprint density at radius 3 is 2.15 bits per heavy atom. The van der Waals surface area contributed by atoms with Crippen LogP contribution in [0.4, 0.5) is 14.6 Å². The summed E-state index contributed by atoms with van der Waals surface area (Å²) in [6, 6.07) is 14.4. The third kappa shape index (κ3) is 6.78. The number of alkyl halides is 2. The number of para-hydroxylation sites is 2. The van der Waals surface area contributed by atoms with Crippen molar-refractivity contribution in [2.75, 3.05) is 18.4 Å². The predicted octanol–water partition coefficient (Wildman–Crippen LogP) is 5.48. The molecule has 0 radical (unpaired) electrons. The van der Waals surface area contributed by atoms with Gasteiger partial charge in [-0.1, -0.05) is 45.0 Å². The normalized spacial score (nSPS) is 11.8. The van der Waals surface area contributed by atoms with Crippen molar-refractivity contribution in [1.29, 1.82) is 0 Å². The Bertz CT molecular complexity index is 1560. The van der Waals surface area contributed by atoms with Gasteiger partial charge in [-0.2, -0.15) is 4.98 Å². The fourth-order valence-electron chi connectivity index (χ4n) is 3.48. The van der Waals surface area contributed by atoms with E-state index in [0.717, 1.165) is 5.56 Å². The topological polar surface area (TPSA) is 125 Å². The third-order valence-corrected chi connectivity index (χ3v) is 6.84. The Balaban J connectivity index is 1.86. The van der Waals surface area contributed by atoms with Crippen molar-refractivity contribution in [3.63, 3.8) is 0 Å². The molecule has 0 spiro atoms. The number of ether oxygens (including phenoxy) is 3. The number of benzene rings is 2. The largest absolute Gasteiger partial charge is 0.493 e. The summed E-state index contributed by atoms with van der Waals surface area (Å²) >= 11 is 0. The highest BCUT2D eigenvalue weighted by Crippen LogP contribution is 2.41. The Labute approximate surface area is 230 Å².